The van der Waals surface area contributed by atoms with Gasteiger partial charge in [0.15, 0.2) is 5.84 Å². The topological polar surface area (TPSA) is 91.2 Å². The second-order valence-electron chi connectivity index (χ2n) is 1.78. The smallest absolute Gasteiger partial charge is 0.187 e. The van der Waals surface area contributed by atoms with Gasteiger partial charge in [0.25, 0.3) is 0 Å². The number of rotatable bonds is 3. The van der Waals surface area contributed by atoms with Gasteiger partial charge in [-0.2, -0.15) is 0 Å². The van der Waals surface area contributed by atoms with Crippen LogP contribution in [0.5, 0.6) is 0 Å². The molecule has 5 heteroatoms. The van der Waals surface area contributed by atoms with Gasteiger partial charge in [0.05, 0.1) is 0 Å². The number of nitrogens with zero attached hydrogens (tertiary/aromatic N) is 2. The van der Waals surface area contributed by atoms with Crippen LogP contribution in [0.3, 0.4) is 0 Å². The van der Waals surface area contributed by atoms with Gasteiger partial charge in [-0.1, -0.05) is 23.7 Å². The Bertz CT molecular complexity index is 153. The molecule has 0 bridgehead atoms. The van der Waals surface area contributed by atoms with Gasteiger partial charge in [0.2, 0.25) is 0 Å². The van der Waals surface area contributed by atoms with Gasteiger partial charge < -0.3 is 16.1 Å². The number of hydrogen-bond donors (Lipinski definition) is 3. The van der Waals surface area contributed by atoms with Crippen molar-refractivity contribution in [2.75, 3.05) is 0 Å². The van der Waals surface area contributed by atoms with Crippen molar-refractivity contribution in [3.05, 3.63) is 0 Å². The molecule has 4 N–H and O–H groups in total. The molecule has 0 atom stereocenters. The molecule has 0 aliphatic carbocycles. The van der Waals surface area contributed by atoms with E-state index < -0.39 is 0 Å². The molecule has 0 saturated carbocycles. The van der Waals surface area contributed by atoms with E-state index in [1.54, 1.807) is 0 Å². The minimum absolute atomic E-state index is 0.135. The van der Waals surface area contributed by atoms with Crippen LogP contribution >= 0.6 is 0 Å². The molecular formula is C5H11N3O2. The third-order valence-corrected chi connectivity index (χ3v) is 1.01. The van der Waals surface area contributed by atoms with Crippen molar-refractivity contribution in [2.24, 2.45) is 16.0 Å². The zero-order chi connectivity index (χ0) is 7.98. The fourth-order valence-electron chi connectivity index (χ4n) is 0.524. The fraction of sp³-hybridized carbons (Fsp3) is 0.600. The summed E-state index contributed by atoms with van der Waals surface area (Å²) in [5.41, 5.74) is 5.34. The van der Waals surface area contributed by atoms with Crippen LogP contribution in [0.2, 0.25) is 0 Å². The van der Waals surface area contributed by atoms with Crippen molar-refractivity contribution in [3.63, 3.8) is 0 Å². The average molecular weight is 145 g/mol. The first-order chi connectivity index (χ1) is 4.76. The van der Waals surface area contributed by atoms with Crippen LogP contribution in [-0.4, -0.2) is 22.0 Å². The standard InChI is InChI=1S/C5H11N3O2/c1-2-3-4(7-9)5(6)8-10/h9-10H,2-3H2,1H3,(H2,6,8)/b7-4+. The lowest BCUT2D eigenvalue weighted by molar-refractivity contribution is 0.312. The van der Waals surface area contributed by atoms with Crippen molar-refractivity contribution in [1.29, 1.82) is 0 Å². The van der Waals surface area contributed by atoms with E-state index in [2.05, 4.69) is 10.3 Å². The first-order valence-electron chi connectivity index (χ1n) is 2.95. The summed E-state index contributed by atoms with van der Waals surface area (Å²) in [6.07, 6.45) is 1.29. The average Bonchev–Trinajstić information content (AvgIpc) is 1.99. The second-order valence-corrected chi connectivity index (χ2v) is 1.78. The van der Waals surface area contributed by atoms with Crippen LogP contribution < -0.4 is 5.73 Å². The zero-order valence-electron chi connectivity index (χ0n) is 5.78. The molecule has 0 aromatic carbocycles. The Morgan fingerprint density at radius 1 is 1.40 bits per heavy atom. The lowest BCUT2D eigenvalue weighted by atomic mass is 10.2. The van der Waals surface area contributed by atoms with Gasteiger partial charge in [-0.15, -0.1) is 0 Å². The molecule has 0 fully saturated rings. The normalized spacial score (nSPS) is 13.7. The Labute approximate surface area is 58.8 Å². The summed E-state index contributed by atoms with van der Waals surface area (Å²) in [6, 6.07) is 0. The molecule has 0 spiro atoms. The Morgan fingerprint density at radius 2 is 2.00 bits per heavy atom. The van der Waals surface area contributed by atoms with Gasteiger partial charge in [-0.3, -0.25) is 0 Å². The summed E-state index contributed by atoms with van der Waals surface area (Å²) >= 11 is 0. The number of hydrogen-bond acceptors (Lipinski definition) is 4. The summed E-state index contributed by atoms with van der Waals surface area (Å²) in [4.78, 5) is 0. The molecule has 0 radical (unpaired) electrons. The molecule has 10 heavy (non-hydrogen) atoms. The maximum absolute atomic E-state index is 8.27. The predicted molar refractivity (Wildman–Crippen MR) is 37.5 cm³/mol. The molecule has 5 nitrogen and oxygen atoms in total. The highest BCUT2D eigenvalue weighted by Gasteiger charge is 2.03. The van der Waals surface area contributed by atoms with E-state index in [0.717, 1.165) is 6.42 Å². The largest absolute Gasteiger partial charge is 0.411 e. The predicted octanol–water partition coefficient (Wildman–Crippen LogP) is 0.363. The molecule has 0 saturated heterocycles. The minimum Gasteiger partial charge on any atom is -0.411 e. The molecule has 0 aromatic rings. The number of amidine groups is 1. The molecule has 0 aromatic heterocycles. The van der Waals surface area contributed by atoms with E-state index in [1.165, 1.54) is 0 Å². The highest BCUT2D eigenvalue weighted by Crippen LogP contribution is 1.91. The Hall–Kier alpha value is -1.26. The lowest BCUT2D eigenvalue weighted by Crippen LogP contribution is -2.23. The molecule has 0 aliphatic heterocycles. The number of oxime groups is 2. The Morgan fingerprint density at radius 3 is 2.30 bits per heavy atom. The highest BCUT2D eigenvalue weighted by atomic mass is 16.4. The summed E-state index contributed by atoms with van der Waals surface area (Å²) in [5, 5.41) is 21.9. The van der Waals surface area contributed by atoms with Crippen molar-refractivity contribution in [3.8, 4) is 0 Å². The maximum atomic E-state index is 8.27. The fourth-order valence-corrected chi connectivity index (χ4v) is 0.524. The molecule has 0 aliphatic rings. The van der Waals surface area contributed by atoms with Gasteiger partial charge >= 0.3 is 0 Å². The third-order valence-electron chi connectivity index (χ3n) is 1.01. The Balaban J connectivity index is 4.09. The van der Waals surface area contributed by atoms with E-state index in [4.69, 9.17) is 16.1 Å². The van der Waals surface area contributed by atoms with Crippen LogP contribution in [0.15, 0.2) is 10.3 Å². The van der Waals surface area contributed by atoms with Crippen LogP contribution in [-0.2, 0) is 0 Å². The molecule has 58 valence electrons. The summed E-state index contributed by atoms with van der Waals surface area (Å²) < 4.78 is 0. The van der Waals surface area contributed by atoms with E-state index in [-0.39, 0.29) is 11.5 Å². The second kappa shape index (κ2) is 4.60. The van der Waals surface area contributed by atoms with Crippen LogP contribution in [0.4, 0.5) is 0 Å². The van der Waals surface area contributed by atoms with Crippen molar-refractivity contribution < 1.29 is 10.4 Å². The van der Waals surface area contributed by atoms with Gasteiger partial charge in [0.1, 0.15) is 5.71 Å². The van der Waals surface area contributed by atoms with Crippen LogP contribution in [0.25, 0.3) is 0 Å². The van der Waals surface area contributed by atoms with E-state index in [9.17, 15) is 0 Å². The third kappa shape index (κ3) is 2.34. The molecule has 0 unspecified atom stereocenters. The van der Waals surface area contributed by atoms with E-state index >= 15 is 0 Å². The summed E-state index contributed by atoms with van der Waals surface area (Å²) in [6.45, 7) is 1.90. The molecule has 0 rings (SSSR count). The molecule has 0 heterocycles. The lowest BCUT2D eigenvalue weighted by Gasteiger charge is -1.97. The first kappa shape index (κ1) is 8.74. The van der Waals surface area contributed by atoms with Crippen LogP contribution in [0, 0.1) is 0 Å². The SMILES string of the molecule is CCC/C(=N\O)C(N)=NO. The van der Waals surface area contributed by atoms with Gasteiger partial charge in [0, 0.05) is 0 Å². The first-order valence-corrected chi connectivity index (χ1v) is 2.95. The zero-order valence-corrected chi connectivity index (χ0v) is 5.78. The van der Waals surface area contributed by atoms with Gasteiger partial charge in [-0.05, 0) is 6.42 Å². The molecule has 0 amide bonds. The highest BCUT2D eigenvalue weighted by molar-refractivity contribution is 6.40. The van der Waals surface area contributed by atoms with Crippen molar-refractivity contribution >= 4 is 11.5 Å². The van der Waals surface area contributed by atoms with E-state index in [0.29, 0.717) is 6.42 Å². The molecular weight excluding hydrogens is 134 g/mol. The summed E-state index contributed by atoms with van der Waals surface area (Å²) in [5.74, 6) is -0.135. The van der Waals surface area contributed by atoms with Crippen molar-refractivity contribution in [2.45, 2.75) is 19.8 Å². The van der Waals surface area contributed by atoms with Crippen molar-refractivity contribution in [1.82, 2.24) is 0 Å². The number of nitrogens with two attached hydrogens (primary N) is 1. The Kier molecular flexibility index (Phi) is 4.02. The van der Waals surface area contributed by atoms with Gasteiger partial charge in [-0.25, -0.2) is 0 Å². The maximum Gasteiger partial charge on any atom is 0.187 e. The van der Waals surface area contributed by atoms with Crippen LogP contribution in [0.1, 0.15) is 19.8 Å². The monoisotopic (exact) mass is 145 g/mol. The quantitative estimate of drug-likeness (QED) is 0.232. The van der Waals surface area contributed by atoms with E-state index in [1.807, 2.05) is 6.92 Å². The minimum atomic E-state index is -0.135. The summed E-state index contributed by atoms with van der Waals surface area (Å²) in [7, 11) is 0.